The maximum absolute atomic E-state index is 13.0. The molecule has 0 aliphatic carbocycles. The van der Waals surface area contributed by atoms with Crippen LogP contribution < -0.4 is 5.09 Å². The molecule has 0 aliphatic heterocycles. The van der Waals surface area contributed by atoms with Gasteiger partial charge in [-0.15, -0.1) is 0 Å². The van der Waals surface area contributed by atoms with Gasteiger partial charge in [-0.1, -0.05) is 181 Å². The maximum atomic E-state index is 13.0. The van der Waals surface area contributed by atoms with E-state index in [0.29, 0.717) is 12.8 Å². The lowest BCUT2D eigenvalue weighted by molar-refractivity contribution is -0.139. The van der Waals surface area contributed by atoms with Gasteiger partial charge in [-0.05, 0) is 12.8 Å². The Balaban J connectivity index is 4.10. The molecule has 0 bridgehead atoms. The van der Waals surface area contributed by atoms with Gasteiger partial charge in [0.1, 0.15) is 14.1 Å². The first-order valence-corrected chi connectivity index (χ1v) is 20.3. The van der Waals surface area contributed by atoms with Crippen LogP contribution in [0.1, 0.15) is 206 Å². The fourth-order valence-corrected chi connectivity index (χ4v) is 7.61. The minimum Gasteiger partial charge on any atom is -0.480 e. The predicted octanol–water partition coefficient (Wildman–Crippen LogP) is 11.2. The van der Waals surface area contributed by atoms with Gasteiger partial charge in [-0.25, -0.2) is 0 Å². The van der Waals surface area contributed by atoms with E-state index in [9.17, 15) is 24.6 Å². The molecule has 0 heterocycles. The van der Waals surface area contributed by atoms with Gasteiger partial charge in [0.25, 0.3) is 0 Å². The lowest BCUT2D eigenvalue weighted by Crippen LogP contribution is -2.39. The minimum absolute atomic E-state index is 0.172. The number of hydrogen-bond acceptors (Lipinski definition) is 5. The Morgan fingerprint density at radius 1 is 0.477 bits per heavy atom. The summed E-state index contributed by atoms with van der Waals surface area (Å²) in [5.74, 6) is -1.23. The topological polar surface area (TPSA) is 104 Å². The first-order chi connectivity index (χ1) is 21.5. The quantitative estimate of drug-likeness (QED) is 0.0464. The number of carbonyl (C=O) groups excluding carboxylic acids is 2. The van der Waals surface area contributed by atoms with Crippen molar-refractivity contribution in [2.24, 2.45) is 0 Å². The molecule has 0 aromatic carbocycles. The second-order valence-electron chi connectivity index (χ2n) is 13.0. The molecule has 3 N–H and O–H groups in total. The fraction of sp³-hybridized carbons (Fsp3) is 0.919. The fourth-order valence-electron chi connectivity index (χ4n) is 5.78. The smallest absolute Gasteiger partial charge is 0.323 e. The summed E-state index contributed by atoms with van der Waals surface area (Å²) in [4.78, 5) is 37.5. The summed E-state index contributed by atoms with van der Waals surface area (Å²) in [7, 11) is -1.91. The summed E-state index contributed by atoms with van der Waals surface area (Å²) >= 11 is 0. The van der Waals surface area contributed by atoms with Crippen molar-refractivity contribution < 1.29 is 24.6 Å². The molecule has 260 valence electrons. The molecule has 44 heavy (non-hydrogen) atoms. The number of carboxylic acid groups (broad SMARTS) is 1. The van der Waals surface area contributed by atoms with E-state index in [-0.39, 0.29) is 11.0 Å². The second kappa shape index (κ2) is 33.5. The molecule has 6 nitrogen and oxygen atoms in total. The normalized spacial score (nSPS) is 12.2. The van der Waals surface area contributed by atoms with Crippen LogP contribution in [0.5, 0.6) is 0 Å². The number of carboxylic acids is 1. The number of aliphatic carboxylic acids is 1. The zero-order valence-electron chi connectivity index (χ0n) is 29.1. The van der Waals surface area contributed by atoms with Crippen LogP contribution >= 0.6 is 8.07 Å². The highest BCUT2D eigenvalue weighted by Gasteiger charge is 2.30. The molecular weight excluding hydrogens is 569 g/mol. The third-order valence-electron chi connectivity index (χ3n) is 8.75. The van der Waals surface area contributed by atoms with Gasteiger partial charge in [0.15, 0.2) is 11.0 Å². The van der Waals surface area contributed by atoms with E-state index in [4.69, 9.17) is 0 Å². The van der Waals surface area contributed by atoms with Gasteiger partial charge in [0, 0.05) is 12.8 Å². The number of hydrogen-bond donors (Lipinski definition) is 3. The number of nitrogens with one attached hydrogen (secondary N) is 1. The highest BCUT2D eigenvalue weighted by atomic mass is 31.1. The van der Waals surface area contributed by atoms with E-state index >= 15 is 0 Å². The van der Waals surface area contributed by atoms with Crippen molar-refractivity contribution in [3.05, 3.63) is 0 Å². The van der Waals surface area contributed by atoms with Crippen LogP contribution in [0.2, 0.25) is 0 Å². The Labute approximate surface area is 273 Å². The van der Waals surface area contributed by atoms with Crippen molar-refractivity contribution in [2.45, 2.75) is 213 Å². The van der Waals surface area contributed by atoms with Crippen molar-refractivity contribution in [3.63, 3.8) is 0 Å². The van der Waals surface area contributed by atoms with Crippen LogP contribution in [0.4, 0.5) is 0 Å². The van der Waals surface area contributed by atoms with Crippen molar-refractivity contribution >= 4 is 25.1 Å². The van der Waals surface area contributed by atoms with Crippen LogP contribution in [0.15, 0.2) is 0 Å². The van der Waals surface area contributed by atoms with Crippen LogP contribution in [0.25, 0.3) is 0 Å². The number of aliphatic hydroxyl groups is 1. The Morgan fingerprint density at radius 2 is 0.727 bits per heavy atom. The lowest BCUT2D eigenvalue weighted by Gasteiger charge is -2.20. The minimum atomic E-state index is -1.91. The Kier molecular flexibility index (Phi) is 32.9. The van der Waals surface area contributed by atoms with E-state index in [2.05, 4.69) is 18.9 Å². The van der Waals surface area contributed by atoms with Crippen LogP contribution in [0.3, 0.4) is 0 Å². The zero-order valence-corrected chi connectivity index (χ0v) is 30.0. The lowest BCUT2D eigenvalue weighted by atomic mass is 10.0. The van der Waals surface area contributed by atoms with Crippen LogP contribution in [-0.2, 0) is 14.4 Å². The molecule has 0 radical (unpaired) electrons. The molecule has 0 fully saturated rings. The summed E-state index contributed by atoms with van der Waals surface area (Å²) in [5.41, 5.74) is -0.344. The number of carbonyl (C=O) groups is 3. The average molecular weight is 642 g/mol. The summed E-state index contributed by atoms with van der Waals surface area (Å²) in [5, 5.41) is 21.6. The average Bonchev–Trinajstić information content (AvgIpc) is 3.01. The standard InChI is InChI=1S/C37H72NO5P/c1-3-5-7-9-11-13-15-17-19-21-23-25-27-29-31-35(40)44(38-34(33-39)37(42)43)36(41)32-30-28-26-24-22-20-18-16-14-12-10-8-6-4-2/h34,38-39H,3-33H2,1-2H3,(H,42,43). The molecule has 0 aliphatic rings. The molecule has 0 aromatic rings. The molecule has 1 atom stereocenters. The summed E-state index contributed by atoms with van der Waals surface area (Å²) < 4.78 is 0. The van der Waals surface area contributed by atoms with Crippen molar-refractivity contribution in [1.82, 2.24) is 5.09 Å². The predicted molar refractivity (Wildman–Crippen MR) is 188 cm³/mol. The monoisotopic (exact) mass is 642 g/mol. The summed E-state index contributed by atoms with van der Waals surface area (Å²) in [6, 6.07) is -1.28. The molecule has 0 spiro atoms. The molecular formula is C37H72NO5P. The SMILES string of the molecule is CCCCCCCCCCCCCCCCC(=O)P(NC(CO)C(=O)O)C(=O)CCCCCCCCCCCCCCCC. The van der Waals surface area contributed by atoms with E-state index in [1.165, 1.54) is 141 Å². The Hall–Kier alpha value is -0.840. The van der Waals surface area contributed by atoms with Gasteiger partial charge in [-0.2, -0.15) is 0 Å². The molecule has 7 heteroatoms. The largest absolute Gasteiger partial charge is 0.480 e. The van der Waals surface area contributed by atoms with E-state index in [1.807, 2.05) is 0 Å². The summed E-state index contributed by atoms with van der Waals surface area (Å²) in [6.07, 6.45) is 35.3. The molecule has 0 aromatic heterocycles. The van der Waals surface area contributed by atoms with Gasteiger partial charge in [-0.3, -0.25) is 19.5 Å². The number of rotatable bonds is 36. The van der Waals surface area contributed by atoms with E-state index < -0.39 is 26.7 Å². The highest BCUT2D eigenvalue weighted by Crippen LogP contribution is 2.38. The van der Waals surface area contributed by atoms with Gasteiger partial charge >= 0.3 is 5.97 Å². The Bertz CT molecular complexity index is 630. The van der Waals surface area contributed by atoms with Crippen molar-refractivity contribution in [3.8, 4) is 0 Å². The van der Waals surface area contributed by atoms with Crippen molar-refractivity contribution in [2.75, 3.05) is 6.61 Å². The second-order valence-corrected chi connectivity index (χ2v) is 14.9. The van der Waals surface area contributed by atoms with Crippen molar-refractivity contribution in [1.29, 1.82) is 0 Å². The number of unbranched alkanes of at least 4 members (excludes halogenated alkanes) is 26. The van der Waals surface area contributed by atoms with Crippen LogP contribution in [-0.4, -0.2) is 39.9 Å². The first-order valence-electron chi connectivity index (χ1n) is 18.9. The van der Waals surface area contributed by atoms with Gasteiger partial charge in [0.2, 0.25) is 0 Å². The highest BCUT2D eigenvalue weighted by molar-refractivity contribution is 7.87. The summed E-state index contributed by atoms with van der Waals surface area (Å²) in [6.45, 7) is 3.88. The third kappa shape index (κ3) is 27.5. The Morgan fingerprint density at radius 3 is 0.955 bits per heavy atom. The molecule has 0 rings (SSSR count). The molecule has 0 saturated heterocycles. The first kappa shape index (κ1) is 43.2. The van der Waals surface area contributed by atoms with E-state index in [1.54, 1.807) is 0 Å². The van der Waals surface area contributed by atoms with Crippen LogP contribution in [0, 0.1) is 0 Å². The zero-order chi connectivity index (χ0) is 32.5. The molecule has 0 saturated carbocycles. The van der Waals surface area contributed by atoms with Gasteiger partial charge in [0.05, 0.1) is 6.61 Å². The third-order valence-corrected chi connectivity index (χ3v) is 10.8. The van der Waals surface area contributed by atoms with Gasteiger partial charge < -0.3 is 10.2 Å². The molecule has 0 amide bonds. The van der Waals surface area contributed by atoms with E-state index in [0.717, 1.165) is 38.5 Å². The molecule has 1 unspecified atom stereocenters. The number of aliphatic hydroxyl groups excluding tert-OH is 1. The maximum Gasteiger partial charge on any atom is 0.323 e.